The molecule has 2 saturated carbocycles. The van der Waals surface area contributed by atoms with E-state index in [9.17, 15) is 9.18 Å². The molecule has 2 heterocycles. The van der Waals surface area contributed by atoms with E-state index in [2.05, 4.69) is 20.4 Å². The van der Waals surface area contributed by atoms with Gasteiger partial charge in [-0.15, -0.1) is 0 Å². The minimum atomic E-state index is -0.338. The van der Waals surface area contributed by atoms with Crippen LogP contribution in [0.25, 0.3) is 22.0 Å². The van der Waals surface area contributed by atoms with Gasteiger partial charge in [0.15, 0.2) is 0 Å². The number of aromatic nitrogens is 3. The predicted octanol–water partition coefficient (Wildman–Crippen LogP) is 4.80. The molecular weight excluding hydrogens is 421 g/mol. The maximum Gasteiger partial charge on any atom is 0.293 e. The van der Waals surface area contributed by atoms with E-state index >= 15 is 0 Å². The van der Waals surface area contributed by atoms with Crippen LogP contribution in [0.4, 0.5) is 10.2 Å². The molecule has 0 atom stereocenters. The molecule has 2 aromatic carbocycles. The first-order chi connectivity index (χ1) is 16.2. The van der Waals surface area contributed by atoms with Gasteiger partial charge in [0.1, 0.15) is 18.0 Å². The number of carbonyl (C=O) groups is 1. The number of anilines is 1. The maximum absolute atomic E-state index is 14.8. The highest BCUT2D eigenvalue weighted by Gasteiger charge is 2.35. The van der Waals surface area contributed by atoms with E-state index in [1.807, 2.05) is 24.3 Å². The van der Waals surface area contributed by atoms with Gasteiger partial charge < -0.3 is 14.7 Å². The zero-order chi connectivity index (χ0) is 22.4. The topological polar surface area (TPSA) is 84.2 Å². The van der Waals surface area contributed by atoms with Crippen molar-refractivity contribution < 1.29 is 13.7 Å². The fourth-order valence-corrected chi connectivity index (χ4v) is 4.05. The highest BCUT2D eigenvalue weighted by Crippen LogP contribution is 2.33. The normalized spacial score (nSPS) is 15.5. The van der Waals surface area contributed by atoms with Crippen molar-refractivity contribution in [2.24, 2.45) is 0 Å². The predicted molar refractivity (Wildman–Crippen MR) is 121 cm³/mol. The summed E-state index contributed by atoms with van der Waals surface area (Å²) in [6.07, 6.45) is 7.12. The third kappa shape index (κ3) is 4.04. The summed E-state index contributed by atoms with van der Waals surface area (Å²) in [7, 11) is 0. The Kier molecular flexibility index (Phi) is 4.78. The van der Waals surface area contributed by atoms with Crippen molar-refractivity contribution in [2.45, 2.75) is 44.3 Å². The molecule has 0 bridgehead atoms. The molecule has 1 N–H and O–H groups in total. The Hall–Kier alpha value is -3.81. The van der Waals surface area contributed by atoms with E-state index in [-0.39, 0.29) is 30.1 Å². The van der Waals surface area contributed by atoms with Crippen LogP contribution in [0.2, 0.25) is 0 Å². The fraction of sp³-hybridized carbons (Fsp3) is 0.280. The lowest BCUT2D eigenvalue weighted by Crippen LogP contribution is -2.32. The number of amides is 1. The Bertz CT molecular complexity index is 1330. The molecule has 7 nitrogen and oxygen atoms in total. The van der Waals surface area contributed by atoms with Gasteiger partial charge in [-0.2, -0.15) is 0 Å². The van der Waals surface area contributed by atoms with Gasteiger partial charge in [-0.3, -0.25) is 4.79 Å². The van der Waals surface area contributed by atoms with Crippen molar-refractivity contribution >= 4 is 22.6 Å². The van der Waals surface area contributed by atoms with Gasteiger partial charge in [0.2, 0.25) is 5.76 Å². The third-order valence-corrected chi connectivity index (χ3v) is 6.17. The molecule has 166 valence electrons. The minimum Gasteiger partial charge on any atom is -0.367 e. The number of rotatable bonds is 7. The van der Waals surface area contributed by atoms with Gasteiger partial charge in [0.05, 0.1) is 11.7 Å². The second kappa shape index (κ2) is 7.95. The van der Waals surface area contributed by atoms with Crippen molar-refractivity contribution in [3.05, 3.63) is 72.1 Å². The molecule has 33 heavy (non-hydrogen) atoms. The number of nitrogens with one attached hydrogen (secondary N) is 1. The number of halogens is 1. The lowest BCUT2D eigenvalue weighted by Gasteiger charge is -2.22. The first-order valence-electron chi connectivity index (χ1n) is 11.2. The SMILES string of the molecule is O=C(c1ccno1)N(Cc1cc(-c2ccc3ncnc(NC4CC4)c3c2)ccc1F)C1CC1. The van der Waals surface area contributed by atoms with Gasteiger partial charge >= 0.3 is 0 Å². The van der Waals surface area contributed by atoms with E-state index in [0.29, 0.717) is 11.6 Å². The van der Waals surface area contributed by atoms with Crippen molar-refractivity contribution in [1.82, 2.24) is 20.0 Å². The van der Waals surface area contributed by atoms with Crippen LogP contribution in [0.15, 0.2) is 59.5 Å². The maximum atomic E-state index is 14.8. The zero-order valence-electron chi connectivity index (χ0n) is 17.9. The number of nitrogens with zero attached hydrogens (tertiary/aromatic N) is 4. The summed E-state index contributed by atoms with van der Waals surface area (Å²) in [5.41, 5.74) is 3.14. The number of hydrogen-bond acceptors (Lipinski definition) is 6. The Morgan fingerprint density at radius 3 is 2.64 bits per heavy atom. The van der Waals surface area contributed by atoms with Crippen LogP contribution in [-0.2, 0) is 6.54 Å². The Balaban J connectivity index is 1.33. The van der Waals surface area contributed by atoms with Gasteiger partial charge in [0, 0.05) is 35.6 Å². The minimum absolute atomic E-state index is 0.0968. The van der Waals surface area contributed by atoms with Crippen molar-refractivity contribution in [3.63, 3.8) is 0 Å². The van der Waals surface area contributed by atoms with Crippen LogP contribution in [0.3, 0.4) is 0 Å². The summed E-state index contributed by atoms with van der Waals surface area (Å²) in [6.45, 7) is 0.176. The highest BCUT2D eigenvalue weighted by molar-refractivity contribution is 5.93. The van der Waals surface area contributed by atoms with Crippen molar-refractivity contribution in [2.75, 3.05) is 5.32 Å². The second-order valence-corrected chi connectivity index (χ2v) is 8.72. The molecule has 0 aliphatic heterocycles. The summed E-state index contributed by atoms with van der Waals surface area (Å²) in [5, 5.41) is 8.02. The Morgan fingerprint density at radius 2 is 1.88 bits per heavy atom. The van der Waals surface area contributed by atoms with Crippen LogP contribution < -0.4 is 5.32 Å². The Morgan fingerprint density at radius 1 is 1.06 bits per heavy atom. The summed E-state index contributed by atoms with van der Waals surface area (Å²) in [5.74, 6) is 0.390. The van der Waals surface area contributed by atoms with Crippen LogP contribution in [0.5, 0.6) is 0 Å². The molecule has 2 fully saturated rings. The van der Waals surface area contributed by atoms with Crippen molar-refractivity contribution in [1.29, 1.82) is 0 Å². The quantitative estimate of drug-likeness (QED) is 0.442. The van der Waals surface area contributed by atoms with Crippen molar-refractivity contribution in [3.8, 4) is 11.1 Å². The van der Waals surface area contributed by atoms with E-state index in [1.165, 1.54) is 18.3 Å². The molecular formula is C25H22FN5O2. The lowest BCUT2D eigenvalue weighted by atomic mass is 10.0. The molecule has 2 aromatic heterocycles. The van der Waals surface area contributed by atoms with Crippen LogP contribution in [0, 0.1) is 5.82 Å². The zero-order valence-corrected chi connectivity index (χ0v) is 17.9. The Labute approximate surface area is 189 Å². The van der Waals surface area contributed by atoms with E-state index in [0.717, 1.165) is 53.5 Å². The van der Waals surface area contributed by atoms with Crippen LogP contribution in [-0.4, -0.2) is 38.0 Å². The number of carbonyl (C=O) groups excluding carboxylic acids is 1. The summed E-state index contributed by atoms with van der Waals surface area (Å²) in [6, 6.07) is 13.1. The summed E-state index contributed by atoms with van der Waals surface area (Å²) >= 11 is 0. The molecule has 0 spiro atoms. The molecule has 0 radical (unpaired) electrons. The third-order valence-electron chi connectivity index (χ3n) is 6.17. The lowest BCUT2D eigenvalue weighted by molar-refractivity contribution is 0.0686. The molecule has 2 aliphatic rings. The van der Waals surface area contributed by atoms with E-state index in [4.69, 9.17) is 4.52 Å². The molecule has 6 rings (SSSR count). The average molecular weight is 443 g/mol. The standard InChI is InChI=1S/C25H22FN5O2/c26-21-7-1-15(11-17(21)13-31(19-5-6-19)25(32)23-9-10-29-33-23)16-2-8-22-20(12-16)24(28-14-27-22)30-18-3-4-18/h1-2,7-12,14,18-19H,3-6,13H2,(H,27,28,30). The molecule has 2 aliphatic carbocycles. The summed E-state index contributed by atoms with van der Waals surface area (Å²) < 4.78 is 19.8. The summed E-state index contributed by atoms with van der Waals surface area (Å²) in [4.78, 5) is 23.4. The molecule has 0 saturated heterocycles. The number of hydrogen-bond donors (Lipinski definition) is 1. The number of benzene rings is 2. The van der Waals surface area contributed by atoms with Gasteiger partial charge in [0.25, 0.3) is 5.91 Å². The molecule has 8 heteroatoms. The molecule has 4 aromatic rings. The number of fused-ring (bicyclic) bond motifs is 1. The smallest absolute Gasteiger partial charge is 0.293 e. The molecule has 1 amide bonds. The van der Waals surface area contributed by atoms with Gasteiger partial charge in [-0.05, 0) is 61.1 Å². The fourth-order valence-electron chi connectivity index (χ4n) is 4.05. The second-order valence-electron chi connectivity index (χ2n) is 8.72. The van der Waals surface area contributed by atoms with Crippen LogP contribution in [0.1, 0.15) is 41.8 Å². The monoisotopic (exact) mass is 443 g/mol. The van der Waals surface area contributed by atoms with E-state index in [1.54, 1.807) is 17.3 Å². The molecule has 0 unspecified atom stereocenters. The highest BCUT2D eigenvalue weighted by atomic mass is 19.1. The largest absolute Gasteiger partial charge is 0.367 e. The first kappa shape index (κ1) is 19.8. The van der Waals surface area contributed by atoms with E-state index < -0.39 is 0 Å². The van der Waals surface area contributed by atoms with Gasteiger partial charge in [-0.25, -0.2) is 14.4 Å². The first-order valence-corrected chi connectivity index (χ1v) is 11.2. The average Bonchev–Trinajstić information content (AvgIpc) is 3.77. The van der Waals surface area contributed by atoms with Gasteiger partial charge in [-0.1, -0.05) is 17.3 Å². The van der Waals surface area contributed by atoms with Crippen LogP contribution >= 0.6 is 0 Å².